The molecule has 2 aromatic heterocycles. The predicted octanol–water partition coefficient (Wildman–Crippen LogP) is 3.41. The van der Waals surface area contributed by atoms with Crippen molar-refractivity contribution in [3.63, 3.8) is 0 Å². The number of aromatic nitrogens is 3. The Balaban J connectivity index is 1.60. The Morgan fingerprint density at radius 3 is 2.71 bits per heavy atom. The minimum atomic E-state index is -2.86. The average molecular weight is 384 g/mol. The van der Waals surface area contributed by atoms with Gasteiger partial charge >= 0.3 is 6.61 Å². The molecule has 0 spiro atoms. The summed E-state index contributed by atoms with van der Waals surface area (Å²) in [7, 11) is 1.83. The Labute approximate surface area is 160 Å². The van der Waals surface area contributed by atoms with E-state index in [4.69, 9.17) is 0 Å². The van der Waals surface area contributed by atoms with E-state index in [0.29, 0.717) is 0 Å². The lowest BCUT2D eigenvalue weighted by Gasteiger charge is -2.06. The lowest BCUT2D eigenvalue weighted by molar-refractivity contribution is -0.116. The number of hydrogen-bond acceptors (Lipinski definition) is 4. The molecule has 6 nitrogen and oxygen atoms in total. The molecule has 2 heterocycles. The van der Waals surface area contributed by atoms with Crippen molar-refractivity contribution in [2.45, 2.75) is 13.2 Å². The van der Waals surface area contributed by atoms with Crippen LogP contribution in [-0.4, -0.2) is 27.3 Å². The summed E-state index contributed by atoms with van der Waals surface area (Å²) in [5, 5.41) is 6.90. The van der Waals surface area contributed by atoms with Crippen LogP contribution in [0.15, 0.2) is 61.2 Å². The van der Waals surface area contributed by atoms with Gasteiger partial charge in [0.25, 0.3) is 0 Å². The number of aryl methyl sites for hydroxylation is 1. The number of ether oxygens (including phenoxy) is 1. The molecular formula is C20H18F2N4O2. The maximum Gasteiger partial charge on any atom is 0.387 e. The molecule has 0 aliphatic carbocycles. The van der Waals surface area contributed by atoms with Crippen molar-refractivity contribution in [3.8, 4) is 16.9 Å². The van der Waals surface area contributed by atoms with Gasteiger partial charge in [-0.25, -0.2) is 0 Å². The maximum absolute atomic E-state index is 12.1. The van der Waals surface area contributed by atoms with E-state index >= 15 is 0 Å². The summed E-state index contributed by atoms with van der Waals surface area (Å²) in [6, 6.07) is 7.95. The summed E-state index contributed by atoms with van der Waals surface area (Å²) < 4.78 is 30.3. The van der Waals surface area contributed by atoms with Gasteiger partial charge in [-0.2, -0.15) is 13.9 Å². The number of nitrogens with one attached hydrogen (secondary N) is 1. The fourth-order valence-corrected chi connectivity index (χ4v) is 2.56. The Hall–Kier alpha value is -3.55. The Kier molecular flexibility index (Phi) is 6.11. The molecule has 3 rings (SSSR count). The average Bonchev–Trinajstić information content (AvgIpc) is 3.12. The van der Waals surface area contributed by atoms with Crippen LogP contribution in [0.3, 0.4) is 0 Å². The Bertz CT molecular complexity index is 968. The van der Waals surface area contributed by atoms with Crippen LogP contribution >= 0.6 is 0 Å². The smallest absolute Gasteiger partial charge is 0.387 e. The molecule has 1 amide bonds. The van der Waals surface area contributed by atoms with Gasteiger partial charge in [-0.3, -0.25) is 14.5 Å². The lowest BCUT2D eigenvalue weighted by Crippen LogP contribution is -2.20. The molecule has 0 atom stereocenters. The van der Waals surface area contributed by atoms with Crippen LogP contribution in [0.25, 0.3) is 17.2 Å². The first-order valence-electron chi connectivity index (χ1n) is 8.44. The molecule has 1 N–H and O–H groups in total. The molecule has 0 saturated heterocycles. The number of pyridine rings is 1. The van der Waals surface area contributed by atoms with Gasteiger partial charge in [0, 0.05) is 49.4 Å². The minimum Gasteiger partial charge on any atom is -0.435 e. The van der Waals surface area contributed by atoms with Gasteiger partial charge in [0.05, 0.1) is 6.20 Å². The highest BCUT2D eigenvalue weighted by Crippen LogP contribution is 2.23. The van der Waals surface area contributed by atoms with Crippen molar-refractivity contribution < 1.29 is 18.3 Å². The van der Waals surface area contributed by atoms with E-state index in [2.05, 4.69) is 20.1 Å². The number of alkyl halides is 2. The molecule has 1 aromatic carbocycles. The van der Waals surface area contributed by atoms with Gasteiger partial charge in [-0.05, 0) is 35.4 Å². The maximum atomic E-state index is 12.1. The molecule has 0 bridgehead atoms. The third-order valence-corrected chi connectivity index (χ3v) is 3.90. The normalized spacial score (nSPS) is 11.1. The van der Waals surface area contributed by atoms with Crippen molar-refractivity contribution >= 4 is 12.0 Å². The number of hydrogen-bond donors (Lipinski definition) is 1. The van der Waals surface area contributed by atoms with E-state index in [1.807, 2.05) is 19.3 Å². The van der Waals surface area contributed by atoms with Crippen molar-refractivity contribution in [1.82, 2.24) is 20.1 Å². The van der Waals surface area contributed by atoms with Crippen LogP contribution in [0, 0.1) is 0 Å². The van der Waals surface area contributed by atoms with Crippen LogP contribution in [0.5, 0.6) is 5.75 Å². The predicted molar refractivity (Wildman–Crippen MR) is 100 cm³/mol. The van der Waals surface area contributed by atoms with Gasteiger partial charge in [-0.15, -0.1) is 0 Å². The van der Waals surface area contributed by atoms with Crippen LogP contribution in [0.1, 0.15) is 11.1 Å². The molecule has 3 aromatic rings. The fraction of sp³-hybridized carbons (Fsp3) is 0.150. The van der Waals surface area contributed by atoms with E-state index < -0.39 is 6.61 Å². The largest absolute Gasteiger partial charge is 0.435 e. The molecule has 0 aliphatic heterocycles. The summed E-state index contributed by atoms with van der Waals surface area (Å²) in [6.45, 7) is -2.60. The van der Waals surface area contributed by atoms with Gasteiger partial charge in [0.15, 0.2) is 0 Å². The zero-order valence-electron chi connectivity index (χ0n) is 15.0. The molecule has 0 unspecified atom stereocenters. The molecule has 0 saturated carbocycles. The van der Waals surface area contributed by atoms with Crippen molar-refractivity contribution in [2.24, 2.45) is 7.05 Å². The summed E-state index contributed by atoms with van der Waals surface area (Å²) in [5.41, 5.74) is 3.40. The third-order valence-electron chi connectivity index (χ3n) is 3.90. The number of carbonyl (C=O) groups is 1. The van der Waals surface area contributed by atoms with Crippen molar-refractivity contribution in [2.75, 3.05) is 0 Å². The zero-order chi connectivity index (χ0) is 19.9. The van der Waals surface area contributed by atoms with Crippen molar-refractivity contribution in [1.29, 1.82) is 0 Å². The summed E-state index contributed by atoms with van der Waals surface area (Å²) >= 11 is 0. The van der Waals surface area contributed by atoms with Crippen LogP contribution in [0.2, 0.25) is 0 Å². The van der Waals surface area contributed by atoms with Crippen LogP contribution < -0.4 is 10.1 Å². The van der Waals surface area contributed by atoms with E-state index in [1.54, 1.807) is 41.5 Å². The highest BCUT2D eigenvalue weighted by atomic mass is 19.3. The fourth-order valence-electron chi connectivity index (χ4n) is 2.56. The summed E-state index contributed by atoms with van der Waals surface area (Å²) in [4.78, 5) is 16.2. The number of benzene rings is 1. The standard InChI is InChI=1S/C20H18F2N4O2/c1-26-13-16(12-25-26)18-8-9-23-11-15(18)4-7-19(27)24-10-14-2-5-17(6-3-14)28-20(21)22/h2-9,11-13,20H,10H2,1H3,(H,24,27)/b7-4+. The number of carbonyl (C=O) groups excluding carboxylic acids is 1. The molecule has 28 heavy (non-hydrogen) atoms. The van der Waals surface area contributed by atoms with E-state index in [9.17, 15) is 13.6 Å². The first-order chi connectivity index (χ1) is 13.5. The number of nitrogens with zero attached hydrogens (tertiary/aromatic N) is 3. The quantitative estimate of drug-likeness (QED) is 0.634. The number of halogens is 2. The second-order valence-electron chi connectivity index (χ2n) is 5.94. The van der Waals surface area contributed by atoms with Crippen LogP contribution in [0.4, 0.5) is 8.78 Å². The second kappa shape index (κ2) is 8.90. The summed E-state index contributed by atoms with van der Waals surface area (Å²) in [6.07, 6.45) is 10.1. The second-order valence-corrected chi connectivity index (χ2v) is 5.94. The van der Waals surface area contributed by atoms with Gasteiger partial charge in [0.1, 0.15) is 5.75 Å². The zero-order valence-corrected chi connectivity index (χ0v) is 15.0. The highest BCUT2D eigenvalue weighted by Gasteiger charge is 2.06. The first kappa shape index (κ1) is 19.2. The van der Waals surface area contributed by atoms with Gasteiger partial charge in [-0.1, -0.05) is 12.1 Å². The first-order valence-corrected chi connectivity index (χ1v) is 8.44. The third kappa shape index (κ3) is 5.23. The molecular weight excluding hydrogens is 366 g/mol. The van der Waals surface area contributed by atoms with E-state index in [0.717, 1.165) is 22.3 Å². The molecule has 8 heteroatoms. The molecule has 0 fully saturated rings. The Morgan fingerprint density at radius 2 is 2.04 bits per heavy atom. The molecule has 0 radical (unpaired) electrons. The minimum absolute atomic E-state index is 0.0736. The van der Waals surface area contributed by atoms with E-state index in [-0.39, 0.29) is 18.2 Å². The lowest BCUT2D eigenvalue weighted by atomic mass is 10.0. The highest BCUT2D eigenvalue weighted by molar-refractivity contribution is 5.92. The topological polar surface area (TPSA) is 69.0 Å². The van der Waals surface area contributed by atoms with E-state index in [1.165, 1.54) is 18.2 Å². The van der Waals surface area contributed by atoms with Crippen molar-refractivity contribution in [3.05, 3.63) is 72.3 Å². The van der Waals surface area contributed by atoms with Crippen LogP contribution in [-0.2, 0) is 18.4 Å². The van der Waals surface area contributed by atoms with Gasteiger partial charge in [0.2, 0.25) is 5.91 Å². The summed E-state index contributed by atoms with van der Waals surface area (Å²) in [5.74, 6) is -0.210. The monoisotopic (exact) mass is 384 g/mol. The molecule has 144 valence electrons. The Morgan fingerprint density at radius 1 is 1.25 bits per heavy atom. The van der Waals surface area contributed by atoms with Gasteiger partial charge < -0.3 is 10.1 Å². The number of rotatable bonds is 7. The molecule has 0 aliphatic rings. The SMILES string of the molecule is Cn1cc(-c2ccncc2/C=C/C(=O)NCc2ccc(OC(F)F)cc2)cn1. The number of amides is 1.